The Kier molecular flexibility index (Phi) is 7.08. The number of carbonyl (C=O) groups is 3. The maximum Gasteiger partial charge on any atom is 0.327 e. The Morgan fingerprint density at radius 2 is 1.87 bits per heavy atom. The highest BCUT2D eigenvalue weighted by atomic mass is 35.5. The number of amides is 3. The fraction of sp³-hybridized carbons (Fsp3) is 0.267. The van der Waals surface area contributed by atoms with Gasteiger partial charge in [0.2, 0.25) is 5.91 Å². The van der Waals surface area contributed by atoms with Crippen LogP contribution < -0.4 is 21.5 Å². The molecule has 0 aliphatic rings. The van der Waals surface area contributed by atoms with Crippen molar-refractivity contribution < 1.29 is 14.4 Å². The van der Waals surface area contributed by atoms with Crippen molar-refractivity contribution in [3.63, 3.8) is 0 Å². The van der Waals surface area contributed by atoms with E-state index < -0.39 is 11.8 Å². The summed E-state index contributed by atoms with van der Waals surface area (Å²) in [6.07, 6.45) is 1.27. The van der Waals surface area contributed by atoms with Crippen LogP contribution in [0.2, 0.25) is 5.02 Å². The van der Waals surface area contributed by atoms with Crippen molar-refractivity contribution in [1.82, 2.24) is 16.2 Å². The van der Waals surface area contributed by atoms with E-state index in [1.165, 1.54) is 6.08 Å². The minimum absolute atomic E-state index is 0.300. The lowest BCUT2D eigenvalue weighted by molar-refractivity contribution is -0.136. The molecule has 1 aromatic rings. The summed E-state index contributed by atoms with van der Waals surface area (Å²) >= 11 is 5.94. The van der Waals surface area contributed by atoms with Gasteiger partial charge in [0.1, 0.15) is 0 Å². The molecule has 124 valence electrons. The van der Waals surface area contributed by atoms with Crippen molar-refractivity contribution in [3.8, 4) is 0 Å². The zero-order chi connectivity index (χ0) is 17.4. The third-order valence-corrected chi connectivity index (χ3v) is 3.20. The number of carbonyl (C=O) groups excluding carboxylic acids is 3. The fourth-order valence-corrected chi connectivity index (χ4v) is 1.77. The Hall–Kier alpha value is -2.54. The van der Waals surface area contributed by atoms with Gasteiger partial charge in [0.15, 0.2) is 0 Å². The van der Waals surface area contributed by atoms with Crippen LogP contribution in [0.1, 0.15) is 19.4 Å². The number of hydrogen-bond acceptors (Lipinski definition) is 4. The molecule has 8 heteroatoms. The van der Waals surface area contributed by atoms with Crippen LogP contribution >= 0.6 is 11.6 Å². The topological polar surface area (TPSA) is 99.3 Å². The van der Waals surface area contributed by atoms with E-state index in [1.807, 2.05) is 0 Å². The quantitative estimate of drug-likeness (QED) is 0.369. The summed E-state index contributed by atoms with van der Waals surface area (Å²) in [4.78, 5) is 34.8. The molecule has 0 saturated heterocycles. The SMILES string of the molecule is CCNC(=O)C=C(C)NNC(=O)C(=O)Nc1cccc(Cl)c1C. The highest BCUT2D eigenvalue weighted by Gasteiger charge is 2.15. The van der Waals surface area contributed by atoms with Gasteiger partial charge in [-0.3, -0.25) is 19.8 Å². The second kappa shape index (κ2) is 8.79. The van der Waals surface area contributed by atoms with E-state index in [4.69, 9.17) is 11.6 Å². The lowest BCUT2D eigenvalue weighted by Crippen LogP contribution is -2.43. The van der Waals surface area contributed by atoms with Gasteiger partial charge in [0.05, 0.1) is 0 Å². The lowest BCUT2D eigenvalue weighted by atomic mass is 10.2. The predicted octanol–water partition coefficient (Wildman–Crippen LogP) is 1.25. The average molecular weight is 339 g/mol. The summed E-state index contributed by atoms with van der Waals surface area (Å²) in [5.41, 5.74) is 6.18. The van der Waals surface area contributed by atoms with E-state index in [1.54, 1.807) is 39.0 Å². The summed E-state index contributed by atoms with van der Waals surface area (Å²) in [6, 6.07) is 4.99. The second-order valence-corrected chi connectivity index (χ2v) is 5.07. The van der Waals surface area contributed by atoms with Gasteiger partial charge in [0.25, 0.3) is 0 Å². The van der Waals surface area contributed by atoms with E-state index in [0.29, 0.717) is 28.5 Å². The van der Waals surface area contributed by atoms with E-state index >= 15 is 0 Å². The van der Waals surface area contributed by atoms with Gasteiger partial charge in [-0.25, -0.2) is 0 Å². The molecule has 0 atom stereocenters. The molecule has 0 unspecified atom stereocenters. The molecule has 0 heterocycles. The van der Waals surface area contributed by atoms with Crippen molar-refractivity contribution in [2.45, 2.75) is 20.8 Å². The molecule has 3 amide bonds. The molecule has 1 rings (SSSR count). The molecule has 4 N–H and O–H groups in total. The molecule has 0 spiro atoms. The standard InChI is InChI=1S/C15H19ClN4O3/c1-4-17-13(21)8-9(2)19-20-15(23)14(22)18-12-7-5-6-11(16)10(12)3/h5-8,19H,4H2,1-3H3,(H,17,21)(H,18,22)(H,20,23). The van der Waals surface area contributed by atoms with Gasteiger partial charge in [-0.15, -0.1) is 0 Å². The minimum Gasteiger partial charge on any atom is -0.353 e. The molecule has 0 saturated carbocycles. The number of nitrogens with one attached hydrogen (secondary N) is 4. The summed E-state index contributed by atoms with van der Waals surface area (Å²) in [5, 5.41) is 5.52. The summed E-state index contributed by atoms with van der Waals surface area (Å²) in [5.74, 6) is -2.05. The van der Waals surface area contributed by atoms with Crippen molar-refractivity contribution in [2.75, 3.05) is 11.9 Å². The highest BCUT2D eigenvalue weighted by Crippen LogP contribution is 2.22. The van der Waals surface area contributed by atoms with Crippen molar-refractivity contribution in [3.05, 3.63) is 40.6 Å². The van der Waals surface area contributed by atoms with Gasteiger partial charge < -0.3 is 16.1 Å². The van der Waals surface area contributed by atoms with Crippen LogP contribution in [0.5, 0.6) is 0 Å². The largest absolute Gasteiger partial charge is 0.353 e. The van der Waals surface area contributed by atoms with E-state index in [0.717, 1.165) is 0 Å². The number of hydrogen-bond donors (Lipinski definition) is 4. The Morgan fingerprint density at radius 1 is 1.17 bits per heavy atom. The minimum atomic E-state index is -0.895. The number of halogens is 1. The average Bonchev–Trinajstić information content (AvgIpc) is 2.49. The second-order valence-electron chi connectivity index (χ2n) is 4.67. The van der Waals surface area contributed by atoms with Gasteiger partial charge in [0, 0.05) is 29.0 Å². The first kappa shape index (κ1) is 18.5. The molecule has 0 fully saturated rings. The van der Waals surface area contributed by atoms with E-state index in [-0.39, 0.29) is 5.91 Å². The molecule has 0 aliphatic carbocycles. The lowest BCUT2D eigenvalue weighted by Gasteiger charge is -2.11. The number of benzene rings is 1. The first-order valence-electron chi connectivity index (χ1n) is 6.93. The first-order valence-corrected chi connectivity index (χ1v) is 7.31. The van der Waals surface area contributed by atoms with Crippen LogP contribution in [-0.2, 0) is 14.4 Å². The number of hydrazine groups is 1. The first-order chi connectivity index (χ1) is 10.8. The maximum atomic E-state index is 11.8. The zero-order valence-corrected chi connectivity index (χ0v) is 13.9. The Bertz CT molecular complexity index is 644. The van der Waals surface area contributed by atoms with Crippen LogP contribution in [-0.4, -0.2) is 24.3 Å². The number of allylic oxidation sites excluding steroid dienone is 1. The molecule has 23 heavy (non-hydrogen) atoms. The van der Waals surface area contributed by atoms with Crippen LogP contribution in [0.25, 0.3) is 0 Å². The number of anilines is 1. The van der Waals surface area contributed by atoms with E-state index in [9.17, 15) is 14.4 Å². The molecule has 0 radical (unpaired) electrons. The normalized spacial score (nSPS) is 10.7. The van der Waals surface area contributed by atoms with Gasteiger partial charge in [-0.1, -0.05) is 17.7 Å². The smallest absolute Gasteiger partial charge is 0.327 e. The molecule has 1 aromatic carbocycles. The van der Waals surface area contributed by atoms with E-state index in [2.05, 4.69) is 21.5 Å². The monoisotopic (exact) mass is 338 g/mol. The van der Waals surface area contributed by atoms with Crippen LogP contribution in [0.4, 0.5) is 5.69 Å². The number of likely N-dealkylation sites (N-methyl/N-ethyl adjacent to an activating group) is 1. The molecular weight excluding hydrogens is 320 g/mol. The van der Waals surface area contributed by atoms with Crippen LogP contribution in [0.3, 0.4) is 0 Å². The molecule has 0 aliphatic heterocycles. The summed E-state index contributed by atoms with van der Waals surface area (Å²) in [7, 11) is 0. The van der Waals surface area contributed by atoms with Gasteiger partial charge in [-0.05, 0) is 38.5 Å². The van der Waals surface area contributed by atoms with Crippen LogP contribution in [0.15, 0.2) is 30.0 Å². The van der Waals surface area contributed by atoms with Gasteiger partial charge >= 0.3 is 11.8 Å². The molecule has 0 aromatic heterocycles. The third-order valence-electron chi connectivity index (χ3n) is 2.79. The van der Waals surface area contributed by atoms with Crippen LogP contribution in [0, 0.1) is 6.92 Å². The zero-order valence-electron chi connectivity index (χ0n) is 13.1. The van der Waals surface area contributed by atoms with Crippen molar-refractivity contribution in [1.29, 1.82) is 0 Å². The Balaban J connectivity index is 2.56. The summed E-state index contributed by atoms with van der Waals surface area (Å²) in [6.45, 7) is 5.59. The van der Waals surface area contributed by atoms with Crippen molar-refractivity contribution >= 4 is 35.0 Å². The highest BCUT2D eigenvalue weighted by molar-refractivity contribution is 6.40. The molecular formula is C15H19ClN4O3. The molecule has 0 bridgehead atoms. The fourth-order valence-electron chi connectivity index (χ4n) is 1.59. The van der Waals surface area contributed by atoms with Crippen molar-refractivity contribution in [2.24, 2.45) is 0 Å². The van der Waals surface area contributed by atoms with Gasteiger partial charge in [-0.2, -0.15) is 0 Å². The summed E-state index contributed by atoms with van der Waals surface area (Å²) < 4.78 is 0. The maximum absolute atomic E-state index is 11.8. The Morgan fingerprint density at radius 3 is 2.52 bits per heavy atom. The third kappa shape index (κ3) is 5.99. The Labute approximate surface area is 139 Å². The molecule has 7 nitrogen and oxygen atoms in total. The number of rotatable bonds is 5. The predicted molar refractivity (Wildman–Crippen MR) is 88.5 cm³/mol.